The van der Waals surface area contributed by atoms with Crippen LogP contribution in [0.2, 0.25) is 0 Å². The summed E-state index contributed by atoms with van der Waals surface area (Å²) in [6.45, 7) is 3.85. The minimum atomic E-state index is -0.648. The van der Waals surface area contributed by atoms with Crippen LogP contribution < -0.4 is 20.3 Å². The van der Waals surface area contributed by atoms with E-state index in [4.69, 9.17) is 26.4 Å². The molecule has 0 saturated carbocycles. The molecule has 0 saturated heterocycles. The fourth-order valence-electron chi connectivity index (χ4n) is 3.39. The Hall–Kier alpha value is -3.07. The Kier molecular flexibility index (Phi) is 4.23. The summed E-state index contributed by atoms with van der Waals surface area (Å²) in [5, 5.41) is 3.06. The van der Waals surface area contributed by atoms with Crippen LogP contribution in [0.5, 0.6) is 11.5 Å². The zero-order valence-corrected chi connectivity index (χ0v) is 15.5. The third-order valence-electron chi connectivity index (χ3n) is 4.50. The first-order valence-corrected chi connectivity index (χ1v) is 8.81. The van der Waals surface area contributed by atoms with Crippen molar-refractivity contribution in [2.45, 2.75) is 19.8 Å². The molecule has 27 heavy (non-hydrogen) atoms. The van der Waals surface area contributed by atoms with E-state index in [2.05, 4.69) is 15.3 Å². The maximum absolute atomic E-state index is 12.7. The van der Waals surface area contributed by atoms with Gasteiger partial charge in [-0.2, -0.15) is 0 Å². The van der Waals surface area contributed by atoms with E-state index >= 15 is 0 Å². The SMILES string of the molecule is CCOC(=O)C1=C(C)Nc2[nH]c(=S)[nH]c(=O)c2[C@@H]1c1ccc2c(c1)OCO2. The number of ether oxygens (including phenoxy) is 3. The monoisotopic (exact) mass is 387 g/mol. The van der Waals surface area contributed by atoms with Gasteiger partial charge in [0.2, 0.25) is 6.79 Å². The molecule has 0 radical (unpaired) electrons. The zero-order valence-electron chi connectivity index (χ0n) is 14.7. The molecule has 1 atom stereocenters. The average molecular weight is 387 g/mol. The molecule has 2 aliphatic heterocycles. The van der Waals surface area contributed by atoms with Crippen molar-refractivity contribution >= 4 is 24.0 Å². The summed E-state index contributed by atoms with van der Waals surface area (Å²) >= 11 is 5.07. The number of carbonyl (C=O) groups excluding carboxylic acids is 1. The number of benzene rings is 1. The standard InChI is InChI=1S/C18H17N3O5S/c1-3-24-17(23)12-8(2)19-15-14(16(22)21-18(27)20-15)13(12)9-4-5-10-11(6-9)26-7-25-10/h4-6,13H,3,7H2,1-2H3,(H3,19,20,21,22,27)/t13-/m1/s1. The third-order valence-corrected chi connectivity index (χ3v) is 4.70. The second-order valence-electron chi connectivity index (χ2n) is 6.13. The topological polar surface area (TPSA) is 105 Å². The number of carbonyl (C=O) groups is 1. The molecule has 0 fully saturated rings. The predicted molar refractivity (Wildman–Crippen MR) is 99.6 cm³/mol. The van der Waals surface area contributed by atoms with Gasteiger partial charge in [-0.25, -0.2) is 4.79 Å². The molecule has 2 aliphatic rings. The van der Waals surface area contributed by atoms with Crippen LogP contribution in [-0.2, 0) is 9.53 Å². The van der Waals surface area contributed by atoms with Crippen molar-refractivity contribution in [2.75, 3.05) is 18.7 Å². The van der Waals surface area contributed by atoms with Crippen LogP contribution in [0.4, 0.5) is 5.82 Å². The Morgan fingerprint density at radius 1 is 1.30 bits per heavy atom. The second kappa shape index (κ2) is 6.58. The van der Waals surface area contributed by atoms with Gasteiger partial charge in [0.05, 0.1) is 23.7 Å². The molecule has 1 aromatic carbocycles. The number of aromatic amines is 2. The fourth-order valence-corrected chi connectivity index (χ4v) is 3.59. The Balaban J connectivity index is 1.95. The van der Waals surface area contributed by atoms with Gasteiger partial charge in [-0.15, -0.1) is 0 Å². The molecule has 1 aromatic heterocycles. The van der Waals surface area contributed by atoms with Crippen LogP contribution in [0.1, 0.15) is 30.9 Å². The van der Waals surface area contributed by atoms with E-state index in [-0.39, 0.29) is 23.7 Å². The van der Waals surface area contributed by atoms with Crippen LogP contribution in [0.15, 0.2) is 34.3 Å². The number of H-pyrrole nitrogens is 2. The molecule has 3 heterocycles. The van der Waals surface area contributed by atoms with Crippen molar-refractivity contribution in [1.82, 2.24) is 9.97 Å². The summed E-state index contributed by atoms with van der Waals surface area (Å²) in [5.74, 6) is 0.501. The Morgan fingerprint density at radius 2 is 2.07 bits per heavy atom. The molecule has 0 aliphatic carbocycles. The van der Waals surface area contributed by atoms with E-state index in [0.29, 0.717) is 39.7 Å². The van der Waals surface area contributed by atoms with Crippen LogP contribution in [-0.4, -0.2) is 29.3 Å². The quantitative estimate of drug-likeness (QED) is 0.549. The Morgan fingerprint density at radius 3 is 2.85 bits per heavy atom. The number of rotatable bonds is 3. The molecule has 0 unspecified atom stereocenters. The van der Waals surface area contributed by atoms with Crippen molar-refractivity contribution < 1.29 is 19.0 Å². The van der Waals surface area contributed by atoms with Gasteiger partial charge in [-0.1, -0.05) is 6.07 Å². The van der Waals surface area contributed by atoms with Crippen molar-refractivity contribution in [1.29, 1.82) is 0 Å². The van der Waals surface area contributed by atoms with Gasteiger partial charge in [-0.05, 0) is 43.8 Å². The first-order chi connectivity index (χ1) is 13.0. The number of allylic oxidation sites excluding steroid dienone is 1. The Bertz CT molecular complexity index is 1090. The van der Waals surface area contributed by atoms with Crippen LogP contribution in [0, 0.1) is 4.77 Å². The largest absolute Gasteiger partial charge is 0.463 e. The highest BCUT2D eigenvalue weighted by atomic mass is 32.1. The summed E-state index contributed by atoms with van der Waals surface area (Å²) < 4.78 is 16.3. The Labute approximate surface area is 159 Å². The molecule has 2 aromatic rings. The number of hydrogen-bond donors (Lipinski definition) is 3. The first-order valence-electron chi connectivity index (χ1n) is 8.40. The van der Waals surface area contributed by atoms with Crippen molar-refractivity contribution in [3.63, 3.8) is 0 Å². The zero-order chi connectivity index (χ0) is 19.1. The van der Waals surface area contributed by atoms with Crippen LogP contribution in [0.3, 0.4) is 0 Å². The highest BCUT2D eigenvalue weighted by molar-refractivity contribution is 7.71. The maximum Gasteiger partial charge on any atom is 0.336 e. The molecule has 4 rings (SSSR count). The summed E-state index contributed by atoms with van der Waals surface area (Å²) in [5.41, 5.74) is 1.63. The molecule has 0 amide bonds. The number of esters is 1. The third kappa shape index (κ3) is 2.89. The number of hydrogen-bond acceptors (Lipinski definition) is 7. The van der Waals surface area contributed by atoms with E-state index < -0.39 is 11.9 Å². The molecule has 140 valence electrons. The lowest BCUT2D eigenvalue weighted by molar-refractivity contribution is -0.138. The van der Waals surface area contributed by atoms with E-state index in [1.54, 1.807) is 32.0 Å². The van der Waals surface area contributed by atoms with Gasteiger partial charge >= 0.3 is 5.97 Å². The van der Waals surface area contributed by atoms with Gasteiger partial charge in [0, 0.05) is 5.70 Å². The highest BCUT2D eigenvalue weighted by Crippen LogP contribution is 2.43. The van der Waals surface area contributed by atoms with E-state index in [1.807, 2.05) is 0 Å². The molecule has 0 bridgehead atoms. The second-order valence-corrected chi connectivity index (χ2v) is 6.54. The molecular weight excluding hydrogens is 370 g/mol. The number of aromatic nitrogens is 2. The number of nitrogens with one attached hydrogen (secondary N) is 3. The normalized spacial score (nSPS) is 17.3. The van der Waals surface area contributed by atoms with E-state index in [1.165, 1.54) is 0 Å². The van der Waals surface area contributed by atoms with Gasteiger partial charge in [0.1, 0.15) is 5.82 Å². The minimum absolute atomic E-state index is 0.134. The van der Waals surface area contributed by atoms with Crippen molar-refractivity contribution in [3.05, 3.63) is 55.7 Å². The summed E-state index contributed by atoms with van der Waals surface area (Å²) in [6.07, 6.45) is 0. The van der Waals surface area contributed by atoms with Crippen LogP contribution in [0.25, 0.3) is 0 Å². The molecular formula is C18H17N3O5S. The number of fused-ring (bicyclic) bond motifs is 2. The smallest absolute Gasteiger partial charge is 0.336 e. The van der Waals surface area contributed by atoms with E-state index in [9.17, 15) is 9.59 Å². The molecule has 3 N–H and O–H groups in total. The highest BCUT2D eigenvalue weighted by Gasteiger charge is 2.36. The lowest BCUT2D eigenvalue weighted by atomic mass is 9.82. The van der Waals surface area contributed by atoms with Gasteiger partial charge in [-0.3, -0.25) is 9.78 Å². The average Bonchev–Trinajstić information content (AvgIpc) is 3.07. The molecule has 9 heteroatoms. The van der Waals surface area contributed by atoms with Gasteiger partial charge < -0.3 is 24.5 Å². The van der Waals surface area contributed by atoms with Gasteiger partial charge in [0.25, 0.3) is 5.56 Å². The molecule has 0 spiro atoms. The van der Waals surface area contributed by atoms with Crippen molar-refractivity contribution in [3.8, 4) is 11.5 Å². The fraction of sp³-hybridized carbons (Fsp3) is 0.278. The predicted octanol–water partition coefficient (Wildman–Crippen LogP) is 2.56. The summed E-state index contributed by atoms with van der Waals surface area (Å²) in [6, 6.07) is 5.34. The van der Waals surface area contributed by atoms with Crippen molar-refractivity contribution in [2.24, 2.45) is 0 Å². The molecule has 8 nitrogen and oxygen atoms in total. The van der Waals surface area contributed by atoms with Gasteiger partial charge in [0.15, 0.2) is 16.3 Å². The lowest BCUT2D eigenvalue weighted by Gasteiger charge is -2.29. The lowest BCUT2D eigenvalue weighted by Crippen LogP contribution is -2.31. The minimum Gasteiger partial charge on any atom is -0.463 e. The van der Waals surface area contributed by atoms with E-state index in [0.717, 1.165) is 0 Å². The number of anilines is 1. The maximum atomic E-state index is 12.7. The summed E-state index contributed by atoms with van der Waals surface area (Å²) in [4.78, 5) is 31.0. The van der Waals surface area contributed by atoms with Crippen LogP contribution >= 0.6 is 12.2 Å². The first kappa shape index (κ1) is 17.3. The summed E-state index contributed by atoms with van der Waals surface area (Å²) in [7, 11) is 0.